The first-order valence-corrected chi connectivity index (χ1v) is 6.65. The van der Waals surface area contributed by atoms with E-state index in [0.717, 1.165) is 5.56 Å². The van der Waals surface area contributed by atoms with Crippen molar-refractivity contribution in [2.45, 2.75) is 13.0 Å². The highest BCUT2D eigenvalue weighted by Gasteiger charge is 2.19. The molecule has 4 nitrogen and oxygen atoms in total. The Morgan fingerprint density at radius 3 is 2.62 bits per heavy atom. The van der Waals surface area contributed by atoms with Crippen LogP contribution in [-0.4, -0.2) is 18.0 Å². The van der Waals surface area contributed by atoms with Crippen molar-refractivity contribution in [3.8, 4) is 5.75 Å². The quantitative estimate of drug-likeness (QED) is 0.881. The minimum atomic E-state index is -0.401. The molecule has 0 bridgehead atoms. The molecule has 0 fully saturated rings. The minimum absolute atomic E-state index is 0.0677. The molecule has 6 heteroatoms. The molecule has 0 saturated heterocycles. The lowest BCUT2D eigenvalue weighted by molar-refractivity contribution is 0.0936. The van der Waals surface area contributed by atoms with Gasteiger partial charge in [0, 0.05) is 6.20 Å². The predicted octanol–water partition coefficient (Wildman–Crippen LogP) is 3.37. The third kappa shape index (κ3) is 3.49. The van der Waals surface area contributed by atoms with Gasteiger partial charge >= 0.3 is 0 Å². The molecule has 1 amide bonds. The topological polar surface area (TPSA) is 51.2 Å². The zero-order valence-electron chi connectivity index (χ0n) is 11.6. The van der Waals surface area contributed by atoms with Gasteiger partial charge < -0.3 is 10.1 Å². The minimum Gasteiger partial charge on any atom is -0.496 e. The lowest BCUT2D eigenvalue weighted by Crippen LogP contribution is -2.27. The Morgan fingerprint density at radius 1 is 1.33 bits per heavy atom. The summed E-state index contributed by atoms with van der Waals surface area (Å²) >= 11 is 5.95. The van der Waals surface area contributed by atoms with Crippen LogP contribution in [0.1, 0.15) is 28.9 Å². The maximum Gasteiger partial charge on any atom is 0.258 e. The van der Waals surface area contributed by atoms with Gasteiger partial charge in [0.2, 0.25) is 0 Å². The molecule has 110 valence electrons. The van der Waals surface area contributed by atoms with Crippen molar-refractivity contribution in [3.05, 3.63) is 58.6 Å². The Balaban J connectivity index is 2.20. The van der Waals surface area contributed by atoms with Gasteiger partial charge in [0.25, 0.3) is 5.91 Å². The van der Waals surface area contributed by atoms with Crippen LogP contribution in [0.5, 0.6) is 5.75 Å². The van der Waals surface area contributed by atoms with Gasteiger partial charge in [-0.25, -0.2) is 9.37 Å². The monoisotopic (exact) mass is 308 g/mol. The van der Waals surface area contributed by atoms with E-state index in [4.69, 9.17) is 16.3 Å². The summed E-state index contributed by atoms with van der Waals surface area (Å²) in [7, 11) is 1.45. The van der Waals surface area contributed by atoms with Gasteiger partial charge in [0.05, 0.1) is 13.2 Å². The first-order valence-electron chi connectivity index (χ1n) is 6.27. The fourth-order valence-electron chi connectivity index (χ4n) is 1.90. The van der Waals surface area contributed by atoms with Crippen LogP contribution in [0.3, 0.4) is 0 Å². The summed E-state index contributed by atoms with van der Waals surface area (Å²) in [6.07, 6.45) is 1.46. The number of methoxy groups -OCH3 is 1. The fraction of sp³-hybridized carbons (Fsp3) is 0.200. The van der Waals surface area contributed by atoms with Gasteiger partial charge in [0.1, 0.15) is 22.3 Å². The van der Waals surface area contributed by atoms with E-state index in [2.05, 4.69) is 10.3 Å². The van der Waals surface area contributed by atoms with Gasteiger partial charge in [-0.05, 0) is 30.7 Å². The Hall–Kier alpha value is -2.14. The summed E-state index contributed by atoms with van der Waals surface area (Å²) in [6, 6.07) is 7.17. The summed E-state index contributed by atoms with van der Waals surface area (Å²) < 4.78 is 18.0. The first kappa shape index (κ1) is 15.3. The van der Waals surface area contributed by atoms with E-state index in [1.807, 2.05) is 0 Å². The normalized spacial score (nSPS) is 11.8. The number of ether oxygens (including phenoxy) is 1. The van der Waals surface area contributed by atoms with Crippen molar-refractivity contribution in [3.63, 3.8) is 0 Å². The number of hydrogen-bond donors (Lipinski definition) is 1. The first-order chi connectivity index (χ1) is 10.0. The van der Waals surface area contributed by atoms with E-state index in [-0.39, 0.29) is 22.6 Å². The number of carbonyl (C=O) groups excluding carboxylic acids is 1. The van der Waals surface area contributed by atoms with Crippen molar-refractivity contribution in [1.29, 1.82) is 0 Å². The smallest absolute Gasteiger partial charge is 0.258 e. The second kappa shape index (κ2) is 6.54. The zero-order valence-corrected chi connectivity index (χ0v) is 12.3. The SMILES string of the molecule is COc1ccnc(Cl)c1C(=O)NC(C)c1ccc(F)cc1. The Kier molecular flexibility index (Phi) is 4.75. The van der Waals surface area contributed by atoms with Crippen LogP contribution < -0.4 is 10.1 Å². The average molecular weight is 309 g/mol. The highest BCUT2D eigenvalue weighted by atomic mass is 35.5. The third-order valence-electron chi connectivity index (χ3n) is 3.03. The maximum atomic E-state index is 12.9. The number of amides is 1. The zero-order chi connectivity index (χ0) is 15.4. The van der Waals surface area contributed by atoms with Crippen LogP contribution in [-0.2, 0) is 0 Å². The molecule has 21 heavy (non-hydrogen) atoms. The molecular formula is C15H14ClFN2O2. The van der Waals surface area contributed by atoms with E-state index in [1.54, 1.807) is 25.1 Å². The molecule has 2 aromatic rings. The van der Waals surface area contributed by atoms with Crippen LogP contribution in [0.15, 0.2) is 36.5 Å². The van der Waals surface area contributed by atoms with Crippen LogP contribution >= 0.6 is 11.6 Å². The Labute approximate surface area is 126 Å². The maximum absolute atomic E-state index is 12.9. The van der Waals surface area contributed by atoms with Gasteiger partial charge in [-0.3, -0.25) is 4.79 Å². The van der Waals surface area contributed by atoms with Crippen LogP contribution in [0.4, 0.5) is 4.39 Å². The molecular weight excluding hydrogens is 295 g/mol. The standard InChI is InChI=1S/C15H14ClFN2O2/c1-9(10-3-5-11(17)6-4-10)19-15(20)13-12(21-2)7-8-18-14(13)16/h3-9H,1-2H3,(H,19,20). The highest BCUT2D eigenvalue weighted by Crippen LogP contribution is 2.25. The number of rotatable bonds is 4. The number of pyridine rings is 1. The lowest BCUT2D eigenvalue weighted by Gasteiger charge is -2.16. The van der Waals surface area contributed by atoms with E-state index in [9.17, 15) is 9.18 Å². The molecule has 1 N–H and O–H groups in total. The largest absolute Gasteiger partial charge is 0.496 e. The number of nitrogens with one attached hydrogen (secondary N) is 1. The summed E-state index contributed by atoms with van der Waals surface area (Å²) in [5.74, 6) is -0.380. The summed E-state index contributed by atoms with van der Waals surface area (Å²) in [4.78, 5) is 16.2. The summed E-state index contributed by atoms with van der Waals surface area (Å²) in [6.45, 7) is 1.79. The molecule has 1 aromatic carbocycles. The molecule has 0 aliphatic rings. The molecule has 0 saturated carbocycles. The highest BCUT2D eigenvalue weighted by molar-refractivity contribution is 6.33. The summed E-state index contributed by atoms with van der Waals surface area (Å²) in [5.41, 5.74) is 0.958. The van der Waals surface area contributed by atoms with Crippen molar-refractivity contribution in [2.24, 2.45) is 0 Å². The van der Waals surface area contributed by atoms with Crippen molar-refractivity contribution < 1.29 is 13.9 Å². The van der Waals surface area contributed by atoms with E-state index in [0.29, 0.717) is 5.75 Å². The van der Waals surface area contributed by atoms with E-state index < -0.39 is 5.91 Å². The third-order valence-corrected chi connectivity index (χ3v) is 3.32. The predicted molar refractivity (Wildman–Crippen MR) is 78.1 cm³/mol. The van der Waals surface area contributed by atoms with Crippen LogP contribution in [0, 0.1) is 5.82 Å². The molecule has 1 aromatic heterocycles. The average Bonchev–Trinajstić information content (AvgIpc) is 2.47. The van der Waals surface area contributed by atoms with Crippen molar-refractivity contribution in [2.75, 3.05) is 7.11 Å². The number of hydrogen-bond acceptors (Lipinski definition) is 3. The molecule has 1 heterocycles. The second-order valence-electron chi connectivity index (χ2n) is 4.43. The molecule has 1 atom stereocenters. The molecule has 0 aliphatic heterocycles. The number of carbonyl (C=O) groups is 1. The number of nitrogens with zero attached hydrogens (tertiary/aromatic N) is 1. The molecule has 0 radical (unpaired) electrons. The van der Waals surface area contributed by atoms with Crippen molar-refractivity contribution >= 4 is 17.5 Å². The number of benzene rings is 1. The fourth-order valence-corrected chi connectivity index (χ4v) is 2.13. The van der Waals surface area contributed by atoms with Gasteiger partial charge in [-0.2, -0.15) is 0 Å². The van der Waals surface area contributed by atoms with Gasteiger partial charge in [-0.15, -0.1) is 0 Å². The van der Waals surface area contributed by atoms with E-state index in [1.165, 1.54) is 25.4 Å². The van der Waals surface area contributed by atoms with Crippen molar-refractivity contribution in [1.82, 2.24) is 10.3 Å². The summed E-state index contributed by atoms with van der Waals surface area (Å²) in [5, 5.41) is 2.85. The number of aromatic nitrogens is 1. The molecule has 0 spiro atoms. The van der Waals surface area contributed by atoms with E-state index >= 15 is 0 Å². The van der Waals surface area contributed by atoms with Crippen LogP contribution in [0.25, 0.3) is 0 Å². The molecule has 2 rings (SSSR count). The second-order valence-corrected chi connectivity index (χ2v) is 4.78. The number of halogens is 2. The van der Waals surface area contributed by atoms with Gasteiger partial charge in [-0.1, -0.05) is 23.7 Å². The molecule has 0 aliphatic carbocycles. The molecule has 1 unspecified atom stereocenters. The van der Waals surface area contributed by atoms with Gasteiger partial charge in [0.15, 0.2) is 0 Å². The lowest BCUT2D eigenvalue weighted by atomic mass is 10.1. The van der Waals surface area contributed by atoms with Crippen LogP contribution in [0.2, 0.25) is 5.15 Å². The Morgan fingerprint density at radius 2 is 2.00 bits per heavy atom. The Bertz CT molecular complexity index is 647.